The van der Waals surface area contributed by atoms with E-state index in [-0.39, 0.29) is 29.0 Å². The van der Waals surface area contributed by atoms with Crippen LogP contribution >= 0.6 is 0 Å². The van der Waals surface area contributed by atoms with E-state index in [1.165, 1.54) is 6.20 Å². The van der Waals surface area contributed by atoms with E-state index in [9.17, 15) is 18.8 Å². The van der Waals surface area contributed by atoms with Gasteiger partial charge in [-0.05, 0) is 19.9 Å². The molecule has 0 aliphatic carbocycles. The molecule has 2 aromatic rings. The summed E-state index contributed by atoms with van der Waals surface area (Å²) in [5.41, 5.74) is -0.675. The maximum absolute atomic E-state index is 14.7. The van der Waals surface area contributed by atoms with Crippen molar-refractivity contribution < 1.29 is 23.5 Å². The number of halogens is 1. The number of aromatic amines is 1. The van der Waals surface area contributed by atoms with Crippen molar-refractivity contribution in [3.05, 3.63) is 33.9 Å². The number of H-pyrrole nitrogens is 1. The number of aromatic nitrogens is 2. The number of rotatable bonds is 4. The molecule has 3 heterocycles. The highest BCUT2D eigenvalue weighted by molar-refractivity contribution is 5.93. The molecule has 0 unspecified atom stereocenters. The minimum atomic E-state index is -0.773. The van der Waals surface area contributed by atoms with Crippen molar-refractivity contribution >= 4 is 28.9 Å². The number of fused-ring (bicyclic) bond motifs is 1. The third-order valence-corrected chi connectivity index (χ3v) is 4.40. The Balaban J connectivity index is 1.85. The number of hydrogen-bond acceptors (Lipinski definition) is 7. The van der Waals surface area contributed by atoms with Crippen LogP contribution in [0.25, 0.3) is 11.0 Å². The fraction of sp³-hybridized carbons (Fsp3) is 0.444. The van der Waals surface area contributed by atoms with E-state index in [1.807, 2.05) is 0 Å². The van der Waals surface area contributed by atoms with Crippen LogP contribution in [0.15, 0.2) is 17.1 Å². The summed E-state index contributed by atoms with van der Waals surface area (Å²) < 4.78 is 24.5. The lowest BCUT2D eigenvalue weighted by atomic mass is 10.2. The average Bonchev–Trinajstić information content (AvgIpc) is 2.69. The largest absolute Gasteiger partial charge is 0.462 e. The minimum Gasteiger partial charge on any atom is -0.462 e. The second kappa shape index (κ2) is 8.24. The standard InChI is InChI=1S/C18H21FN4O5/c1-3-27-17(25)12-10-20-15-11(14(12)24)9-13(19)16(21-15)22-5-7-23(8-6-22)18(26)28-4-2/h9-10H,3-8H2,1-2H3,(H,20,21,24). The molecular formula is C18H21FN4O5. The average molecular weight is 392 g/mol. The molecule has 1 N–H and O–H groups in total. The van der Waals surface area contributed by atoms with Gasteiger partial charge in [0.25, 0.3) is 0 Å². The van der Waals surface area contributed by atoms with Crippen molar-refractivity contribution in [2.45, 2.75) is 13.8 Å². The predicted molar refractivity (Wildman–Crippen MR) is 99.1 cm³/mol. The van der Waals surface area contributed by atoms with E-state index in [0.29, 0.717) is 32.8 Å². The van der Waals surface area contributed by atoms with E-state index >= 15 is 0 Å². The van der Waals surface area contributed by atoms with Crippen LogP contribution in [0.2, 0.25) is 0 Å². The number of esters is 1. The molecule has 9 nitrogen and oxygen atoms in total. The molecule has 2 aromatic heterocycles. The van der Waals surface area contributed by atoms with E-state index in [4.69, 9.17) is 9.47 Å². The van der Waals surface area contributed by atoms with Crippen LogP contribution in [-0.2, 0) is 9.47 Å². The molecule has 1 aliphatic heterocycles. The Morgan fingerprint density at radius 2 is 1.86 bits per heavy atom. The summed E-state index contributed by atoms with van der Waals surface area (Å²) >= 11 is 0. The molecule has 1 amide bonds. The summed E-state index contributed by atoms with van der Waals surface area (Å²) in [5.74, 6) is -1.37. The van der Waals surface area contributed by atoms with Gasteiger partial charge in [0.1, 0.15) is 11.2 Å². The van der Waals surface area contributed by atoms with Gasteiger partial charge in [-0.15, -0.1) is 0 Å². The fourth-order valence-corrected chi connectivity index (χ4v) is 3.01. The van der Waals surface area contributed by atoms with Crippen molar-refractivity contribution in [1.82, 2.24) is 14.9 Å². The fourth-order valence-electron chi connectivity index (χ4n) is 3.01. The van der Waals surface area contributed by atoms with Crippen molar-refractivity contribution in [3.63, 3.8) is 0 Å². The van der Waals surface area contributed by atoms with Gasteiger partial charge in [0.2, 0.25) is 5.43 Å². The van der Waals surface area contributed by atoms with E-state index < -0.39 is 23.3 Å². The molecule has 1 aliphatic rings. The Morgan fingerprint density at radius 3 is 2.50 bits per heavy atom. The van der Waals surface area contributed by atoms with Gasteiger partial charge in [-0.1, -0.05) is 0 Å². The maximum atomic E-state index is 14.7. The molecule has 10 heteroatoms. The molecule has 0 spiro atoms. The van der Waals surface area contributed by atoms with Crippen molar-refractivity contribution in [2.75, 3.05) is 44.3 Å². The molecular weight excluding hydrogens is 371 g/mol. The summed E-state index contributed by atoms with van der Waals surface area (Å²) in [6.45, 7) is 5.27. The lowest BCUT2D eigenvalue weighted by Gasteiger charge is -2.34. The van der Waals surface area contributed by atoms with Crippen LogP contribution in [0.3, 0.4) is 0 Å². The maximum Gasteiger partial charge on any atom is 0.409 e. The highest BCUT2D eigenvalue weighted by Crippen LogP contribution is 2.21. The van der Waals surface area contributed by atoms with E-state index in [1.54, 1.807) is 23.6 Å². The van der Waals surface area contributed by atoms with Gasteiger partial charge in [-0.25, -0.2) is 19.0 Å². The van der Waals surface area contributed by atoms with Crippen LogP contribution in [0.5, 0.6) is 0 Å². The zero-order valence-electron chi connectivity index (χ0n) is 15.7. The first-order valence-corrected chi connectivity index (χ1v) is 9.02. The molecule has 0 aromatic carbocycles. The van der Waals surface area contributed by atoms with Crippen molar-refractivity contribution in [2.24, 2.45) is 0 Å². The van der Waals surface area contributed by atoms with Gasteiger partial charge in [-0.2, -0.15) is 0 Å². The number of hydrogen-bond donors (Lipinski definition) is 1. The summed E-state index contributed by atoms with van der Waals surface area (Å²) in [6, 6.07) is 1.07. The molecule has 3 rings (SSSR count). The van der Waals surface area contributed by atoms with Gasteiger partial charge >= 0.3 is 12.1 Å². The quantitative estimate of drug-likeness (QED) is 0.787. The first-order valence-electron chi connectivity index (χ1n) is 9.02. The molecule has 0 radical (unpaired) electrons. The Kier molecular flexibility index (Phi) is 5.76. The van der Waals surface area contributed by atoms with E-state index in [2.05, 4.69) is 9.97 Å². The van der Waals surface area contributed by atoms with Crippen LogP contribution in [0.4, 0.5) is 15.0 Å². The monoisotopic (exact) mass is 392 g/mol. The Morgan fingerprint density at radius 1 is 1.18 bits per heavy atom. The molecule has 28 heavy (non-hydrogen) atoms. The zero-order valence-corrected chi connectivity index (χ0v) is 15.7. The summed E-state index contributed by atoms with van der Waals surface area (Å²) in [5, 5.41) is -0.0306. The number of carbonyl (C=O) groups excluding carboxylic acids is 2. The summed E-state index contributed by atoms with van der Waals surface area (Å²) in [6.07, 6.45) is 0.820. The molecule has 0 bridgehead atoms. The Hall–Kier alpha value is -3.17. The number of nitrogens with one attached hydrogen (secondary N) is 1. The molecule has 1 saturated heterocycles. The minimum absolute atomic E-state index is 0.0306. The van der Waals surface area contributed by atoms with Crippen LogP contribution < -0.4 is 10.3 Å². The molecule has 0 atom stereocenters. The third kappa shape index (κ3) is 3.75. The van der Waals surface area contributed by atoms with Crippen LogP contribution in [0.1, 0.15) is 24.2 Å². The number of ether oxygens (including phenoxy) is 2. The lowest BCUT2D eigenvalue weighted by Crippen LogP contribution is -2.49. The highest BCUT2D eigenvalue weighted by atomic mass is 19.1. The number of piperazine rings is 1. The topological polar surface area (TPSA) is 105 Å². The van der Waals surface area contributed by atoms with Gasteiger partial charge in [0.15, 0.2) is 11.6 Å². The Bertz CT molecular complexity index is 953. The van der Waals surface area contributed by atoms with Crippen molar-refractivity contribution in [1.29, 1.82) is 0 Å². The van der Waals surface area contributed by atoms with E-state index in [0.717, 1.165) is 6.07 Å². The molecule has 1 fully saturated rings. The second-order valence-electron chi connectivity index (χ2n) is 6.11. The molecule has 0 saturated carbocycles. The normalized spacial score (nSPS) is 14.2. The Labute approximate surface area is 160 Å². The number of anilines is 1. The third-order valence-electron chi connectivity index (χ3n) is 4.40. The first kappa shape index (κ1) is 19.6. The molecule has 150 valence electrons. The summed E-state index contributed by atoms with van der Waals surface area (Å²) in [7, 11) is 0. The summed E-state index contributed by atoms with van der Waals surface area (Å²) in [4.78, 5) is 46.3. The number of nitrogens with zero attached hydrogens (tertiary/aromatic N) is 3. The zero-order chi connectivity index (χ0) is 20.3. The SMILES string of the molecule is CCOC(=O)c1c[nH]c2nc(N3CCN(C(=O)OCC)CC3)c(F)cc2c1=O. The second-order valence-corrected chi connectivity index (χ2v) is 6.11. The van der Waals surface area contributed by atoms with Gasteiger partial charge < -0.3 is 24.3 Å². The highest BCUT2D eigenvalue weighted by Gasteiger charge is 2.25. The van der Waals surface area contributed by atoms with Crippen LogP contribution in [0, 0.1) is 5.82 Å². The number of pyridine rings is 2. The predicted octanol–water partition coefficient (Wildman–Crippen LogP) is 1.52. The smallest absolute Gasteiger partial charge is 0.409 e. The van der Waals surface area contributed by atoms with Crippen molar-refractivity contribution in [3.8, 4) is 0 Å². The number of carbonyl (C=O) groups is 2. The van der Waals surface area contributed by atoms with Gasteiger partial charge in [0.05, 0.1) is 18.6 Å². The number of amides is 1. The van der Waals surface area contributed by atoms with Crippen LogP contribution in [-0.4, -0.2) is 66.3 Å². The van der Waals surface area contributed by atoms with Gasteiger partial charge in [0, 0.05) is 32.4 Å². The van der Waals surface area contributed by atoms with Gasteiger partial charge in [-0.3, -0.25) is 4.79 Å². The first-order chi connectivity index (χ1) is 13.5. The lowest BCUT2D eigenvalue weighted by molar-refractivity contribution is 0.0524.